The minimum atomic E-state index is -1.20. The molecular formula is C25H25N3O7. The average Bonchev–Trinajstić information content (AvgIpc) is 3.48. The van der Waals surface area contributed by atoms with Crippen molar-refractivity contribution in [3.8, 4) is 28.6 Å². The highest BCUT2D eigenvalue weighted by molar-refractivity contribution is 5.83. The van der Waals surface area contributed by atoms with Crippen LogP contribution in [0.3, 0.4) is 0 Å². The molecule has 3 heterocycles. The molecule has 2 aromatic heterocycles. The second-order valence-corrected chi connectivity index (χ2v) is 8.73. The quantitative estimate of drug-likeness (QED) is 0.401. The third-order valence-corrected chi connectivity index (χ3v) is 5.76. The molecule has 0 saturated carbocycles. The van der Waals surface area contributed by atoms with Crippen molar-refractivity contribution < 1.29 is 33.1 Å². The van der Waals surface area contributed by atoms with Gasteiger partial charge in [-0.15, -0.1) is 0 Å². The number of carboxylic acid groups (broad SMARTS) is 1. The van der Waals surface area contributed by atoms with E-state index in [1.807, 2.05) is 43.3 Å². The van der Waals surface area contributed by atoms with Gasteiger partial charge in [-0.2, -0.15) is 4.98 Å². The number of furan rings is 1. The zero-order chi connectivity index (χ0) is 24.6. The maximum Gasteiger partial charge on any atom is 0.405 e. The van der Waals surface area contributed by atoms with Gasteiger partial charge in [0.25, 0.3) is 5.89 Å². The summed E-state index contributed by atoms with van der Waals surface area (Å²) in [5.41, 5.74) is 0.910. The second-order valence-electron chi connectivity index (χ2n) is 8.73. The van der Waals surface area contributed by atoms with E-state index in [9.17, 15) is 9.90 Å². The molecule has 35 heavy (non-hydrogen) atoms. The van der Waals surface area contributed by atoms with E-state index in [-0.39, 0.29) is 13.2 Å². The maximum atomic E-state index is 11.5. The highest BCUT2D eigenvalue weighted by Crippen LogP contribution is 2.36. The lowest BCUT2D eigenvalue weighted by Gasteiger charge is -2.41. The van der Waals surface area contributed by atoms with Gasteiger partial charge in [0.05, 0.1) is 19.8 Å². The third kappa shape index (κ3) is 4.58. The van der Waals surface area contributed by atoms with Gasteiger partial charge in [0.2, 0.25) is 5.82 Å². The van der Waals surface area contributed by atoms with Gasteiger partial charge in [-0.05, 0) is 69.3 Å². The number of nitrogens with one attached hydrogen (secondary N) is 1. The summed E-state index contributed by atoms with van der Waals surface area (Å²) in [5.74, 6) is 1.15. The Morgan fingerprint density at radius 1 is 1.09 bits per heavy atom. The molecule has 0 unspecified atom stereocenters. The zero-order valence-corrected chi connectivity index (χ0v) is 19.5. The Balaban J connectivity index is 1.43. The van der Waals surface area contributed by atoms with Gasteiger partial charge < -0.3 is 33.6 Å². The molecule has 1 fully saturated rings. The summed E-state index contributed by atoms with van der Waals surface area (Å²) in [6, 6.07) is 14.6. The lowest BCUT2D eigenvalue weighted by molar-refractivity contribution is -0.274. The van der Waals surface area contributed by atoms with Crippen LogP contribution in [0, 0.1) is 0 Å². The van der Waals surface area contributed by atoms with Gasteiger partial charge in [-0.25, -0.2) is 4.79 Å². The molecule has 0 bridgehead atoms. The van der Waals surface area contributed by atoms with Crippen molar-refractivity contribution in [1.29, 1.82) is 0 Å². The van der Waals surface area contributed by atoms with Gasteiger partial charge in [-0.1, -0.05) is 5.16 Å². The highest BCUT2D eigenvalue weighted by Gasteiger charge is 2.45. The number of aromatic nitrogens is 2. The Morgan fingerprint density at radius 2 is 1.80 bits per heavy atom. The smallest absolute Gasteiger partial charge is 0.405 e. The van der Waals surface area contributed by atoms with E-state index in [2.05, 4.69) is 15.5 Å². The van der Waals surface area contributed by atoms with E-state index >= 15 is 0 Å². The van der Waals surface area contributed by atoms with E-state index < -0.39 is 17.4 Å². The summed E-state index contributed by atoms with van der Waals surface area (Å²) in [7, 11) is 0. The largest absolute Gasteiger partial charge is 0.494 e. The molecule has 0 radical (unpaired) electrons. The molecule has 1 aliphatic rings. The molecule has 1 amide bonds. The summed E-state index contributed by atoms with van der Waals surface area (Å²) in [4.78, 5) is 16.1. The lowest BCUT2D eigenvalue weighted by atomic mass is 9.96. The van der Waals surface area contributed by atoms with Crippen LogP contribution < -0.4 is 10.1 Å². The van der Waals surface area contributed by atoms with Gasteiger partial charge in [0.15, 0.2) is 5.79 Å². The molecule has 1 aliphatic heterocycles. The van der Waals surface area contributed by atoms with Crippen LogP contribution in [0.1, 0.15) is 26.5 Å². The molecule has 2 N–H and O–H groups in total. The Bertz CT molecular complexity index is 1350. The molecule has 5 rings (SSSR count). The molecular weight excluding hydrogens is 454 g/mol. The van der Waals surface area contributed by atoms with E-state index in [1.165, 1.54) is 0 Å². The van der Waals surface area contributed by atoms with E-state index in [0.717, 1.165) is 22.3 Å². The predicted octanol–water partition coefficient (Wildman–Crippen LogP) is 4.79. The third-order valence-electron chi connectivity index (χ3n) is 5.76. The van der Waals surface area contributed by atoms with Crippen LogP contribution in [0.25, 0.3) is 33.8 Å². The summed E-state index contributed by atoms with van der Waals surface area (Å²) >= 11 is 0. The minimum Gasteiger partial charge on any atom is -0.494 e. The summed E-state index contributed by atoms with van der Waals surface area (Å²) in [6.45, 7) is 6.19. The van der Waals surface area contributed by atoms with Crippen molar-refractivity contribution >= 4 is 17.1 Å². The standard InChI is InChI=1S/C25H25N3O7/c1-4-31-18-8-5-15(6-9-18)22-26-21(28-35-22)16-7-10-19-17(11-16)12-20(34-19)25(27-23(29)30)13-32-24(2,3)33-14-25/h5-12,27H,4,13-14H2,1-3H3,(H,29,30). The monoisotopic (exact) mass is 479 g/mol. The van der Waals surface area contributed by atoms with E-state index in [0.29, 0.717) is 29.7 Å². The van der Waals surface area contributed by atoms with Crippen molar-refractivity contribution in [3.05, 3.63) is 54.3 Å². The Kier molecular flexibility index (Phi) is 5.70. The van der Waals surface area contributed by atoms with Gasteiger partial charge in [0.1, 0.15) is 22.6 Å². The summed E-state index contributed by atoms with van der Waals surface area (Å²) in [5, 5.41) is 16.8. The first-order valence-electron chi connectivity index (χ1n) is 11.2. The van der Waals surface area contributed by atoms with E-state index in [4.69, 9.17) is 23.2 Å². The molecule has 0 atom stereocenters. The Labute approximate surface area is 200 Å². The molecule has 2 aromatic carbocycles. The van der Waals surface area contributed by atoms with Crippen molar-refractivity contribution in [2.45, 2.75) is 32.1 Å². The normalized spacial score (nSPS) is 16.8. The fourth-order valence-corrected chi connectivity index (χ4v) is 3.89. The first-order chi connectivity index (χ1) is 16.8. The maximum absolute atomic E-state index is 11.5. The van der Waals surface area contributed by atoms with Gasteiger partial charge in [-0.3, -0.25) is 0 Å². The fourth-order valence-electron chi connectivity index (χ4n) is 3.89. The fraction of sp³-hybridized carbons (Fsp3) is 0.320. The Morgan fingerprint density at radius 3 is 2.49 bits per heavy atom. The van der Waals surface area contributed by atoms with Crippen LogP contribution in [0.4, 0.5) is 4.79 Å². The van der Waals surface area contributed by atoms with Crippen molar-refractivity contribution in [3.63, 3.8) is 0 Å². The zero-order valence-electron chi connectivity index (χ0n) is 19.5. The highest BCUT2D eigenvalue weighted by atomic mass is 16.7. The van der Waals surface area contributed by atoms with Crippen molar-refractivity contribution in [2.75, 3.05) is 19.8 Å². The first kappa shape index (κ1) is 22.9. The molecule has 1 saturated heterocycles. The van der Waals surface area contributed by atoms with Crippen molar-refractivity contribution in [1.82, 2.24) is 15.5 Å². The molecule has 0 aliphatic carbocycles. The number of carbonyl (C=O) groups is 1. The topological polar surface area (TPSA) is 129 Å². The molecule has 10 nitrogen and oxygen atoms in total. The van der Waals surface area contributed by atoms with Crippen LogP contribution in [0.2, 0.25) is 0 Å². The van der Waals surface area contributed by atoms with Crippen LogP contribution in [-0.4, -0.2) is 46.9 Å². The lowest BCUT2D eigenvalue weighted by Crippen LogP contribution is -2.58. The molecule has 4 aromatic rings. The van der Waals surface area contributed by atoms with Gasteiger partial charge in [0, 0.05) is 16.5 Å². The molecule has 10 heteroatoms. The number of benzene rings is 2. The molecule has 182 valence electrons. The number of fused-ring (bicyclic) bond motifs is 1. The van der Waals surface area contributed by atoms with Gasteiger partial charge >= 0.3 is 6.09 Å². The minimum absolute atomic E-state index is 0.0647. The summed E-state index contributed by atoms with van der Waals surface area (Å²) in [6.07, 6.45) is -1.20. The van der Waals surface area contributed by atoms with Crippen LogP contribution >= 0.6 is 0 Å². The number of amides is 1. The van der Waals surface area contributed by atoms with Crippen LogP contribution in [0.5, 0.6) is 5.75 Å². The number of rotatable bonds is 6. The number of hydrogen-bond acceptors (Lipinski definition) is 8. The molecule has 0 spiro atoms. The van der Waals surface area contributed by atoms with Crippen LogP contribution in [0.15, 0.2) is 57.5 Å². The number of nitrogens with zero attached hydrogens (tertiary/aromatic N) is 2. The number of hydrogen-bond donors (Lipinski definition) is 2. The van der Waals surface area contributed by atoms with E-state index in [1.54, 1.807) is 26.0 Å². The average molecular weight is 479 g/mol. The first-order valence-corrected chi connectivity index (χ1v) is 11.2. The Hall–Kier alpha value is -3.89. The van der Waals surface area contributed by atoms with Crippen molar-refractivity contribution in [2.24, 2.45) is 0 Å². The second kappa shape index (κ2) is 8.71. The predicted molar refractivity (Wildman–Crippen MR) is 125 cm³/mol. The SMILES string of the molecule is CCOc1ccc(-c2nc(-c3ccc4oc(C5(NC(=O)O)COC(C)(C)OC5)cc4c3)no2)cc1. The van der Waals surface area contributed by atoms with Crippen LogP contribution in [-0.2, 0) is 15.0 Å². The summed E-state index contributed by atoms with van der Waals surface area (Å²) < 4.78 is 28.4. The number of ether oxygens (including phenoxy) is 3.